The standard InChI is InChI=1S/C19H16N6O7S2/c1-31-22-14(12-9-34-23-21-12)16(26)20-15-17(27)24-13(6-7-33-18(15)24)19(28)32-8-10-2-4-11(5-3-10)25(29)30/h2-6,9,15,18H,7-8H2,1H3,(H,20,26)/b22-14-/t15?,18-/m1/s1. The van der Waals surface area contributed by atoms with Crippen molar-refractivity contribution in [3.8, 4) is 0 Å². The highest BCUT2D eigenvalue weighted by atomic mass is 32.2. The lowest BCUT2D eigenvalue weighted by Crippen LogP contribution is -2.70. The zero-order valence-electron chi connectivity index (χ0n) is 17.4. The number of nitro groups is 1. The van der Waals surface area contributed by atoms with Crippen LogP contribution in [0.5, 0.6) is 0 Å². The van der Waals surface area contributed by atoms with Crippen molar-refractivity contribution in [2.24, 2.45) is 5.16 Å². The number of hydrogen-bond donors (Lipinski definition) is 1. The number of esters is 1. The van der Waals surface area contributed by atoms with Crippen LogP contribution in [0.2, 0.25) is 0 Å². The Morgan fingerprint density at radius 2 is 2.12 bits per heavy atom. The fraction of sp³-hybridized carbons (Fsp3) is 0.263. The minimum Gasteiger partial charge on any atom is -0.456 e. The molecule has 2 aliphatic rings. The van der Waals surface area contributed by atoms with E-state index in [1.54, 1.807) is 6.08 Å². The third-order valence-electron chi connectivity index (χ3n) is 4.86. The van der Waals surface area contributed by atoms with Gasteiger partial charge in [0.25, 0.3) is 17.5 Å². The first-order valence-corrected chi connectivity index (χ1v) is 11.5. The molecule has 2 aromatic rings. The molecule has 4 rings (SSSR count). The predicted molar refractivity (Wildman–Crippen MR) is 119 cm³/mol. The SMILES string of the molecule is CO/N=C(\C(=O)NC1C(=O)N2C(C(=O)OCc3ccc([N+](=O)[O-])cc3)=CCS[C@H]12)c1csnn1. The van der Waals surface area contributed by atoms with Crippen LogP contribution in [0.15, 0.2) is 46.6 Å². The lowest BCUT2D eigenvalue weighted by Gasteiger charge is -2.48. The van der Waals surface area contributed by atoms with Gasteiger partial charge in [0.1, 0.15) is 36.5 Å². The number of amides is 2. The normalized spacial score (nSPS) is 19.4. The van der Waals surface area contributed by atoms with Gasteiger partial charge < -0.3 is 14.9 Å². The van der Waals surface area contributed by atoms with Crippen molar-refractivity contribution >= 4 is 52.5 Å². The van der Waals surface area contributed by atoms with Gasteiger partial charge in [-0.1, -0.05) is 9.64 Å². The first kappa shape index (κ1) is 23.3. The summed E-state index contributed by atoms with van der Waals surface area (Å²) in [6.07, 6.45) is 1.58. The van der Waals surface area contributed by atoms with E-state index >= 15 is 0 Å². The number of aromatic nitrogens is 2. The summed E-state index contributed by atoms with van der Waals surface area (Å²) in [5, 5.41) is 21.8. The van der Waals surface area contributed by atoms with E-state index in [2.05, 4.69) is 20.1 Å². The minimum absolute atomic E-state index is 0.0751. The van der Waals surface area contributed by atoms with E-state index in [0.29, 0.717) is 11.3 Å². The van der Waals surface area contributed by atoms with Gasteiger partial charge in [-0.3, -0.25) is 24.6 Å². The fourth-order valence-electron chi connectivity index (χ4n) is 3.24. The van der Waals surface area contributed by atoms with Crippen LogP contribution in [-0.2, 0) is 30.6 Å². The van der Waals surface area contributed by atoms with Crippen molar-refractivity contribution in [1.82, 2.24) is 19.8 Å². The predicted octanol–water partition coefficient (Wildman–Crippen LogP) is 0.824. The molecule has 1 fully saturated rings. The van der Waals surface area contributed by atoms with Gasteiger partial charge in [-0.05, 0) is 35.3 Å². The Hall–Kier alpha value is -3.85. The number of rotatable bonds is 8. The fourth-order valence-corrected chi connectivity index (χ4v) is 4.87. The van der Waals surface area contributed by atoms with E-state index < -0.39 is 34.1 Å². The van der Waals surface area contributed by atoms with Crippen LogP contribution < -0.4 is 5.32 Å². The van der Waals surface area contributed by atoms with Crippen molar-refractivity contribution in [2.75, 3.05) is 12.9 Å². The summed E-state index contributed by atoms with van der Waals surface area (Å²) in [5.74, 6) is -1.42. The first-order chi connectivity index (χ1) is 16.4. The monoisotopic (exact) mass is 504 g/mol. The molecule has 2 amide bonds. The molecule has 13 nitrogen and oxygen atoms in total. The van der Waals surface area contributed by atoms with Crippen LogP contribution in [0.1, 0.15) is 11.3 Å². The number of carbonyl (C=O) groups excluding carboxylic acids is 3. The molecule has 1 saturated heterocycles. The molecule has 0 radical (unpaired) electrons. The maximum absolute atomic E-state index is 12.8. The van der Waals surface area contributed by atoms with Crippen molar-refractivity contribution in [3.63, 3.8) is 0 Å². The molecule has 176 valence electrons. The molecule has 1 aromatic carbocycles. The average Bonchev–Trinajstić information content (AvgIpc) is 3.38. The second kappa shape index (κ2) is 9.96. The van der Waals surface area contributed by atoms with Gasteiger partial charge in [0.2, 0.25) is 0 Å². The van der Waals surface area contributed by atoms with E-state index in [-0.39, 0.29) is 29.4 Å². The number of nitro benzene ring substituents is 1. The van der Waals surface area contributed by atoms with Gasteiger partial charge in [0.05, 0.1) is 4.92 Å². The molecule has 2 atom stereocenters. The molecule has 3 heterocycles. The summed E-state index contributed by atoms with van der Waals surface area (Å²) in [6.45, 7) is -0.118. The Kier molecular flexibility index (Phi) is 6.83. The van der Waals surface area contributed by atoms with Gasteiger partial charge in [-0.25, -0.2) is 4.79 Å². The van der Waals surface area contributed by atoms with Crippen LogP contribution in [0.3, 0.4) is 0 Å². The zero-order chi connectivity index (χ0) is 24.2. The topological polar surface area (TPSA) is 166 Å². The molecule has 2 aliphatic heterocycles. The van der Waals surface area contributed by atoms with Crippen LogP contribution in [0.25, 0.3) is 0 Å². The molecule has 1 unspecified atom stereocenters. The van der Waals surface area contributed by atoms with E-state index in [1.165, 1.54) is 53.4 Å². The summed E-state index contributed by atoms with van der Waals surface area (Å²) < 4.78 is 8.98. The zero-order valence-corrected chi connectivity index (χ0v) is 19.1. The molecule has 15 heteroatoms. The lowest BCUT2D eigenvalue weighted by atomic mass is 10.0. The largest absolute Gasteiger partial charge is 0.456 e. The number of non-ortho nitro benzene ring substituents is 1. The molecular formula is C19H16N6O7S2. The Bertz CT molecular complexity index is 1180. The third-order valence-corrected chi connectivity index (χ3v) is 6.55. The quantitative estimate of drug-likeness (QED) is 0.179. The molecule has 0 bridgehead atoms. The minimum atomic E-state index is -0.877. The number of thioether (sulfide) groups is 1. The van der Waals surface area contributed by atoms with E-state index in [1.807, 2.05) is 0 Å². The number of hydrogen-bond acceptors (Lipinski definition) is 12. The number of nitrogens with zero attached hydrogens (tertiary/aromatic N) is 5. The number of β-lactam (4-membered cyclic amide) rings is 1. The summed E-state index contributed by atoms with van der Waals surface area (Å²) in [7, 11) is 1.28. The molecule has 1 aromatic heterocycles. The number of nitrogens with one attached hydrogen (secondary N) is 1. The molecule has 0 spiro atoms. The summed E-state index contributed by atoms with van der Waals surface area (Å²) in [5.41, 5.74) is 0.647. The third kappa shape index (κ3) is 4.60. The number of oxime groups is 1. The highest BCUT2D eigenvalue weighted by molar-refractivity contribution is 8.00. The van der Waals surface area contributed by atoms with Crippen molar-refractivity contribution in [2.45, 2.75) is 18.0 Å². The number of ether oxygens (including phenoxy) is 1. The van der Waals surface area contributed by atoms with Gasteiger partial charge >= 0.3 is 5.97 Å². The van der Waals surface area contributed by atoms with E-state index in [9.17, 15) is 24.5 Å². The summed E-state index contributed by atoms with van der Waals surface area (Å²) in [6, 6.07) is 4.71. The lowest BCUT2D eigenvalue weighted by molar-refractivity contribution is -0.384. The van der Waals surface area contributed by atoms with Gasteiger partial charge in [0.15, 0.2) is 5.71 Å². The van der Waals surface area contributed by atoms with Crippen molar-refractivity contribution in [1.29, 1.82) is 0 Å². The molecular weight excluding hydrogens is 488 g/mol. The second-order valence-corrected chi connectivity index (χ2v) is 8.64. The molecule has 0 saturated carbocycles. The highest BCUT2D eigenvalue weighted by Gasteiger charge is 2.53. The number of benzene rings is 1. The van der Waals surface area contributed by atoms with Gasteiger partial charge in [0, 0.05) is 23.3 Å². The van der Waals surface area contributed by atoms with Crippen LogP contribution >= 0.6 is 23.3 Å². The van der Waals surface area contributed by atoms with Gasteiger partial charge in [-0.15, -0.1) is 16.9 Å². The Balaban J connectivity index is 1.38. The first-order valence-electron chi connectivity index (χ1n) is 9.65. The average molecular weight is 505 g/mol. The van der Waals surface area contributed by atoms with Crippen LogP contribution in [0, 0.1) is 10.1 Å². The maximum atomic E-state index is 12.8. The van der Waals surface area contributed by atoms with Crippen molar-refractivity contribution < 1.29 is 28.9 Å². The van der Waals surface area contributed by atoms with E-state index in [4.69, 9.17) is 9.57 Å². The Labute approximate surface area is 200 Å². The smallest absolute Gasteiger partial charge is 0.355 e. The summed E-state index contributed by atoms with van der Waals surface area (Å²) in [4.78, 5) is 54.3. The molecule has 34 heavy (non-hydrogen) atoms. The van der Waals surface area contributed by atoms with E-state index in [0.717, 1.165) is 11.5 Å². The number of carbonyl (C=O) groups is 3. The van der Waals surface area contributed by atoms with Crippen LogP contribution in [0.4, 0.5) is 5.69 Å². The second-order valence-electron chi connectivity index (χ2n) is 6.88. The maximum Gasteiger partial charge on any atom is 0.355 e. The molecule has 0 aliphatic carbocycles. The highest BCUT2D eigenvalue weighted by Crippen LogP contribution is 2.38. The summed E-state index contributed by atoms with van der Waals surface area (Å²) >= 11 is 2.41. The van der Waals surface area contributed by atoms with Crippen LogP contribution in [-0.4, -0.2) is 67.2 Å². The van der Waals surface area contributed by atoms with Crippen molar-refractivity contribution in [3.05, 3.63) is 62.8 Å². The Morgan fingerprint density at radius 1 is 1.35 bits per heavy atom. The number of fused-ring (bicyclic) bond motifs is 1. The molecule has 1 N–H and O–H groups in total. The van der Waals surface area contributed by atoms with Gasteiger partial charge in [-0.2, -0.15) is 0 Å². The Morgan fingerprint density at radius 3 is 2.76 bits per heavy atom.